The first kappa shape index (κ1) is 10.6. The van der Waals surface area contributed by atoms with Crippen LogP contribution >= 0.6 is 33.9 Å². The number of thiazole rings is 1. The van der Waals surface area contributed by atoms with Crippen molar-refractivity contribution in [1.29, 1.82) is 0 Å². The number of carbonyl (C=O) groups excluding carboxylic acids is 1. The number of hydrogen-bond acceptors (Lipinski definition) is 3. The number of nitrogens with zero attached hydrogens (tertiary/aromatic N) is 1. The number of nitrogens with one attached hydrogen (secondary N) is 1. The second kappa shape index (κ2) is 4.71. The Balaban J connectivity index is 2.17. The summed E-state index contributed by atoms with van der Waals surface area (Å²) >= 11 is 3.52. The van der Waals surface area contributed by atoms with Crippen LogP contribution in [0.1, 0.15) is 9.67 Å². The molecule has 1 aromatic carbocycles. The van der Waals surface area contributed by atoms with Crippen molar-refractivity contribution in [2.24, 2.45) is 0 Å². The maximum Gasteiger partial charge on any atom is 0.267 e. The number of para-hydroxylation sites is 1. The molecule has 0 radical (unpaired) electrons. The average Bonchev–Trinajstić information content (AvgIpc) is 2.74. The molecule has 0 fully saturated rings. The van der Waals surface area contributed by atoms with Gasteiger partial charge in [0.15, 0.2) is 0 Å². The predicted octanol–water partition coefficient (Wildman–Crippen LogP) is 3.00. The highest BCUT2D eigenvalue weighted by Crippen LogP contribution is 2.18. The lowest BCUT2D eigenvalue weighted by Gasteiger charge is -2.04. The molecule has 0 aliphatic heterocycles. The highest BCUT2D eigenvalue weighted by Gasteiger charge is 2.08. The first-order valence-corrected chi connectivity index (χ1v) is 6.17. The van der Waals surface area contributed by atoms with Crippen LogP contribution in [-0.4, -0.2) is 10.9 Å². The van der Waals surface area contributed by atoms with E-state index in [0.29, 0.717) is 4.88 Å². The normalized spacial score (nSPS) is 9.93. The molecule has 2 aromatic rings. The molecule has 0 aliphatic rings. The fourth-order valence-electron chi connectivity index (χ4n) is 1.07. The van der Waals surface area contributed by atoms with Crippen LogP contribution in [0.5, 0.6) is 0 Å². The van der Waals surface area contributed by atoms with E-state index in [1.54, 1.807) is 11.7 Å². The van der Waals surface area contributed by atoms with Gasteiger partial charge in [-0.1, -0.05) is 12.1 Å². The van der Waals surface area contributed by atoms with Crippen LogP contribution in [0.2, 0.25) is 0 Å². The smallest absolute Gasteiger partial charge is 0.267 e. The highest BCUT2D eigenvalue weighted by atomic mass is 127. The van der Waals surface area contributed by atoms with E-state index in [4.69, 9.17) is 0 Å². The van der Waals surface area contributed by atoms with Crippen LogP contribution in [0.15, 0.2) is 36.0 Å². The minimum Gasteiger partial charge on any atom is -0.320 e. The minimum absolute atomic E-state index is 0.110. The van der Waals surface area contributed by atoms with Gasteiger partial charge < -0.3 is 5.32 Å². The first-order valence-electron chi connectivity index (χ1n) is 4.22. The molecule has 0 atom stereocenters. The van der Waals surface area contributed by atoms with Gasteiger partial charge >= 0.3 is 0 Å². The summed E-state index contributed by atoms with van der Waals surface area (Å²) in [6.07, 6.45) is 1.57. The SMILES string of the molecule is O=C(Nc1ccccc1I)c1cncs1. The molecule has 0 bridgehead atoms. The van der Waals surface area contributed by atoms with E-state index in [-0.39, 0.29) is 5.91 Å². The van der Waals surface area contributed by atoms with E-state index >= 15 is 0 Å². The quantitative estimate of drug-likeness (QED) is 0.860. The average molecular weight is 330 g/mol. The Labute approximate surface area is 105 Å². The molecule has 3 nitrogen and oxygen atoms in total. The summed E-state index contributed by atoms with van der Waals surface area (Å²) in [6.45, 7) is 0. The van der Waals surface area contributed by atoms with Gasteiger partial charge in [-0.3, -0.25) is 9.78 Å². The van der Waals surface area contributed by atoms with Crippen molar-refractivity contribution in [3.05, 3.63) is 44.4 Å². The van der Waals surface area contributed by atoms with E-state index in [1.165, 1.54) is 11.3 Å². The van der Waals surface area contributed by atoms with Gasteiger partial charge in [0.1, 0.15) is 4.88 Å². The third-order valence-corrected chi connectivity index (χ3v) is 3.49. The molecule has 1 amide bonds. The van der Waals surface area contributed by atoms with Gasteiger partial charge in [-0.2, -0.15) is 0 Å². The first-order chi connectivity index (χ1) is 7.27. The van der Waals surface area contributed by atoms with Crippen LogP contribution in [0.25, 0.3) is 0 Å². The van der Waals surface area contributed by atoms with Gasteiger partial charge in [0.05, 0.1) is 17.4 Å². The molecular formula is C10H7IN2OS. The summed E-state index contributed by atoms with van der Waals surface area (Å²) in [5.74, 6) is -0.110. The molecule has 76 valence electrons. The van der Waals surface area contributed by atoms with E-state index in [2.05, 4.69) is 32.9 Å². The summed E-state index contributed by atoms with van der Waals surface area (Å²) in [6, 6.07) is 7.65. The van der Waals surface area contributed by atoms with E-state index in [0.717, 1.165) is 9.26 Å². The Bertz CT molecular complexity index is 470. The second-order valence-corrected chi connectivity index (χ2v) is 4.85. The van der Waals surface area contributed by atoms with E-state index in [9.17, 15) is 4.79 Å². The number of benzene rings is 1. The van der Waals surface area contributed by atoms with Crippen molar-refractivity contribution >= 4 is 45.5 Å². The van der Waals surface area contributed by atoms with Gasteiger partial charge in [-0.05, 0) is 34.7 Å². The lowest BCUT2D eigenvalue weighted by atomic mass is 10.3. The number of rotatable bonds is 2. The number of amides is 1. The Kier molecular flexibility index (Phi) is 3.32. The summed E-state index contributed by atoms with van der Waals surface area (Å²) in [5, 5.41) is 2.84. The molecule has 0 aliphatic carbocycles. The van der Waals surface area contributed by atoms with Crippen molar-refractivity contribution < 1.29 is 4.79 Å². The van der Waals surface area contributed by atoms with Gasteiger partial charge in [0, 0.05) is 3.57 Å². The third kappa shape index (κ3) is 2.54. The topological polar surface area (TPSA) is 42.0 Å². The van der Waals surface area contributed by atoms with Gasteiger partial charge in [0.2, 0.25) is 0 Å². The monoisotopic (exact) mass is 330 g/mol. The van der Waals surface area contributed by atoms with Crippen molar-refractivity contribution in [2.45, 2.75) is 0 Å². The fourth-order valence-corrected chi connectivity index (χ4v) is 2.11. The van der Waals surface area contributed by atoms with Gasteiger partial charge in [-0.15, -0.1) is 11.3 Å². The maximum atomic E-state index is 11.7. The van der Waals surface area contributed by atoms with Gasteiger partial charge in [0.25, 0.3) is 5.91 Å². The molecule has 0 saturated carbocycles. The molecule has 1 aromatic heterocycles. The Morgan fingerprint density at radius 1 is 1.40 bits per heavy atom. The summed E-state index contributed by atoms with van der Waals surface area (Å²) in [5.41, 5.74) is 2.47. The summed E-state index contributed by atoms with van der Waals surface area (Å²) in [4.78, 5) is 16.2. The Morgan fingerprint density at radius 3 is 2.87 bits per heavy atom. The molecule has 0 unspecified atom stereocenters. The van der Waals surface area contributed by atoms with Gasteiger partial charge in [-0.25, -0.2) is 0 Å². The maximum absolute atomic E-state index is 11.7. The zero-order valence-electron chi connectivity index (χ0n) is 7.61. The molecule has 0 spiro atoms. The number of anilines is 1. The van der Waals surface area contributed by atoms with Crippen molar-refractivity contribution in [3.63, 3.8) is 0 Å². The number of carbonyl (C=O) groups is 1. The molecule has 1 heterocycles. The lowest BCUT2D eigenvalue weighted by molar-refractivity contribution is 0.103. The zero-order chi connectivity index (χ0) is 10.7. The summed E-state index contributed by atoms with van der Waals surface area (Å²) in [7, 11) is 0. The van der Waals surface area contributed by atoms with Crippen LogP contribution in [0.3, 0.4) is 0 Å². The number of aromatic nitrogens is 1. The number of hydrogen-bond donors (Lipinski definition) is 1. The largest absolute Gasteiger partial charge is 0.320 e. The van der Waals surface area contributed by atoms with Crippen molar-refractivity contribution in [3.8, 4) is 0 Å². The Morgan fingerprint density at radius 2 is 2.20 bits per heavy atom. The third-order valence-electron chi connectivity index (χ3n) is 1.78. The van der Waals surface area contributed by atoms with E-state index in [1.807, 2.05) is 24.3 Å². The predicted molar refractivity (Wildman–Crippen MR) is 69.2 cm³/mol. The van der Waals surface area contributed by atoms with Crippen molar-refractivity contribution in [2.75, 3.05) is 5.32 Å². The van der Waals surface area contributed by atoms with E-state index < -0.39 is 0 Å². The summed E-state index contributed by atoms with van der Waals surface area (Å²) < 4.78 is 1.02. The molecule has 5 heteroatoms. The van der Waals surface area contributed by atoms with Crippen LogP contribution in [-0.2, 0) is 0 Å². The molecule has 0 saturated heterocycles. The molecule has 2 rings (SSSR count). The highest BCUT2D eigenvalue weighted by molar-refractivity contribution is 14.1. The van der Waals surface area contributed by atoms with Crippen LogP contribution in [0.4, 0.5) is 5.69 Å². The van der Waals surface area contributed by atoms with Crippen LogP contribution in [0, 0.1) is 3.57 Å². The minimum atomic E-state index is -0.110. The lowest BCUT2D eigenvalue weighted by Crippen LogP contribution is -2.10. The second-order valence-electron chi connectivity index (χ2n) is 2.80. The standard InChI is InChI=1S/C10H7IN2OS/c11-7-3-1-2-4-8(7)13-10(14)9-5-12-6-15-9/h1-6H,(H,13,14). The molecular weight excluding hydrogens is 323 g/mol. The van der Waals surface area contributed by atoms with Crippen LogP contribution < -0.4 is 5.32 Å². The fraction of sp³-hybridized carbons (Fsp3) is 0. The number of halogens is 1. The molecule has 1 N–H and O–H groups in total. The zero-order valence-corrected chi connectivity index (χ0v) is 10.6. The van der Waals surface area contributed by atoms with Crippen molar-refractivity contribution in [1.82, 2.24) is 4.98 Å². The molecule has 15 heavy (non-hydrogen) atoms. The Hall–Kier alpha value is -0.950.